The topological polar surface area (TPSA) is 65.0 Å². The van der Waals surface area contributed by atoms with Crippen molar-refractivity contribution in [2.45, 2.75) is 13.0 Å². The van der Waals surface area contributed by atoms with E-state index in [4.69, 9.17) is 9.47 Å². The molecule has 1 aromatic rings. The second-order valence-electron chi connectivity index (χ2n) is 3.37. The van der Waals surface area contributed by atoms with E-state index in [9.17, 15) is 9.59 Å². The summed E-state index contributed by atoms with van der Waals surface area (Å²) < 4.78 is 9.92. The predicted octanol–water partition coefficient (Wildman–Crippen LogP) is 0.922. The third-order valence-electron chi connectivity index (χ3n) is 2.19. The van der Waals surface area contributed by atoms with Gasteiger partial charge in [0.1, 0.15) is 0 Å². The summed E-state index contributed by atoms with van der Waals surface area (Å²) in [6.45, 7) is 1.86. The number of carbonyl (C=O) groups excluding carboxylic acids is 2. The van der Waals surface area contributed by atoms with Crippen LogP contribution in [0.5, 0.6) is 0 Å². The van der Waals surface area contributed by atoms with Gasteiger partial charge in [0.15, 0.2) is 0 Å². The molecule has 2 rings (SSSR count). The lowest BCUT2D eigenvalue weighted by molar-refractivity contribution is -0.154. The van der Waals surface area contributed by atoms with Gasteiger partial charge in [0.25, 0.3) is 6.10 Å². The van der Waals surface area contributed by atoms with Crippen molar-refractivity contribution in [3.63, 3.8) is 0 Å². The Morgan fingerprint density at radius 2 is 2.12 bits per heavy atom. The van der Waals surface area contributed by atoms with Crippen LogP contribution >= 0.6 is 0 Å². The van der Waals surface area contributed by atoms with Gasteiger partial charge in [-0.3, -0.25) is 4.79 Å². The lowest BCUT2D eigenvalue weighted by Gasteiger charge is -2.08. The average molecular weight is 233 g/mol. The van der Waals surface area contributed by atoms with Gasteiger partial charge in [-0.15, -0.1) is 0 Å². The molecule has 0 bridgehead atoms. The summed E-state index contributed by atoms with van der Waals surface area (Å²) in [5.74, 6) is -1.16. The molecule has 1 aliphatic rings. The average Bonchev–Trinajstić information content (AvgIpc) is 2.73. The van der Waals surface area contributed by atoms with Gasteiger partial charge in [0, 0.05) is 5.56 Å². The Balaban J connectivity index is 2.13. The number of amides is 1. The van der Waals surface area contributed by atoms with Crippen LogP contribution in [0.15, 0.2) is 35.3 Å². The van der Waals surface area contributed by atoms with E-state index in [1.54, 1.807) is 31.2 Å². The lowest BCUT2D eigenvalue weighted by atomic mass is 10.2. The molecule has 5 heteroatoms. The van der Waals surface area contributed by atoms with Crippen LogP contribution in [0.1, 0.15) is 12.5 Å². The van der Waals surface area contributed by atoms with Gasteiger partial charge >= 0.3 is 11.9 Å². The quantitative estimate of drug-likeness (QED) is 0.575. The van der Waals surface area contributed by atoms with E-state index in [1.807, 2.05) is 6.07 Å². The number of hydrogen-bond acceptors (Lipinski definition) is 4. The first kappa shape index (κ1) is 11.3. The number of carbonyl (C=O) groups is 2. The maximum Gasteiger partial charge on any atom is 0.357 e. The molecule has 1 aliphatic heterocycles. The van der Waals surface area contributed by atoms with Gasteiger partial charge in [0.05, 0.1) is 6.61 Å². The summed E-state index contributed by atoms with van der Waals surface area (Å²) in [7, 11) is 0. The summed E-state index contributed by atoms with van der Waals surface area (Å²) in [5.41, 5.74) is 0.660. The Kier molecular flexibility index (Phi) is 3.18. The number of benzene rings is 1. The number of rotatable bonds is 3. The van der Waals surface area contributed by atoms with Gasteiger partial charge in [-0.2, -0.15) is 4.99 Å². The Bertz CT molecular complexity index is 467. The van der Waals surface area contributed by atoms with Crippen molar-refractivity contribution in [1.29, 1.82) is 0 Å². The molecule has 1 aromatic carbocycles. The number of aliphatic imine (C=N–C) groups is 1. The fourth-order valence-corrected chi connectivity index (χ4v) is 1.43. The molecular weight excluding hydrogens is 222 g/mol. The van der Waals surface area contributed by atoms with E-state index in [2.05, 4.69) is 4.99 Å². The van der Waals surface area contributed by atoms with E-state index < -0.39 is 18.0 Å². The van der Waals surface area contributed by atoms with Crippen LogP contribution in [-0.2, 0) is 19.1 Å². The molecular formula is C12H11NO4. The van der Waals surface area contributed by atoms with Crippen molar-refractivity contribution in [2.24, 2.45) is 4.99 Å². The number of nitrogens with zero attached hydrogens (tertiary/aromatic N) is 1. The van der Waals surface area contributed by atoms with Crippen LogP contribution < -0.4 is 0 Å². The highest BCUT2D eigenvalue weighted by atomic mass is 16.6. The third-order valence-corrected chi connectivity index (χ3v) is 2.19. The smallest absolute Gasteiger partial charge is 0.357 e. The molecule has 5 nitrogen and oxygen atoms in total. The molecule has 1 amide bonds. The van der Waals surface area contributed by atoms with Crippen LogP contribution in [0.2, 0.25) is 0 Å². The molecule has 0 radical (unpaired) electrons. The lowest BCUT2D eigenvalue weighted by Crippen LogP contribution is -2.30. The van der Waals surface area contributed by atoms with Crippen LogP contribution in [0.4, 0.5) is 0 Å². The minimum absolute atomic E-state index is 0.161. The van der Waals surface area contributed by atoms with Crippen LogP contribution in [0.25, 0.3) is 0 Å². The second kappa shape index (κ2) is 4.78. The summed E-state index contributed by atoms with van der Waals surface area (Å²) in [4.78, 5) is 26.6. The molecule has 0 spiro atoms. The molecule has 1 atom stereocenters. The second-order valence-corrected chi connectivity index (χ2v) is 3.37. The third kappa shape index (κ3) is 2.33. The maximum atomic E-state index is 11.5. The first-order valence-corrected chi connectivity index (χ1v) is 5.23. The van der Waals surface area contributed by atoms with E-state index in [1.165, 1.54) is 0 Å². The molecule has 0 fully saturated rings. The zero-order chi connectivity index (χ0) is 12.3. The van der Waals surface area contributed by atoms with Crippen molar-refractivity contribution in [2.75, 3.05) is 6.61 Å². The number of ether oxygens (including phenoxy) is 2. The van der Waals surface area contributed by atoms with E-state index in [0.29, 0.717) is 5.56 Å². The van der Waals surface area contributed by atoms with E-state index >= 15 is 0 Å². The first-order chi connectivity index (χ1) is 8.22. The Morgan fingerprint density at radius 1 is 1.41 bits per heavy atom. The summed E-state index contributed by atoms with van der Waals surface area (Å²) >= 11 is 0. The molecule has 0 aromatic heterocycles. The minimum atomic E-state index is -1.26. The molecule has 0 saturated carbocycles. The van der Waals surface area contributed by atoms with Crippen LogP contribution in [-0.4, -0.2) is 30.5 Å². The highest BCUT2D eigenvalue weighted by molar-refractivity contribution is 6.14. The van der Waals surface area contributed by atoms with Crippen molar-refractivity contribution in [3.8, 4) is 0 Å². The van der Waals surface area contributed by atoms with Crippen molar-refractivity contribution in [3.05, 3.63) is 35.9 Å². The van der Waals surface area contributed by atoms with E-state index in [-0.39, 0.29) is 12.5 Å². The van der Waals surface area contributed by atoms with Gasteiger partial charge in [-0.25, -0.2) is 4.79 Å². The molecule has 0 N–H and O–H groups in total. The molecule has 1 heterocycles. The fraction of sp³-hybridized carbons (Fsp3) is 0.250. The molecule has 1 unspecified atom stereocenters. The first-order valence-electron chi connectivity index (χ1n) is 5.23. The van der Waals surface area contributed by atoms with Crippen molar-refractivity contribution >= 4 is 17.8 Å². The minimum Gasteiger partial charge on any atom is -0.463 e. The molecule has 88 valence electrons. The Labute approximate surface area is 98.1 Å². The molecule has 17 heavy (non-hydrogen) atoms. The SMILES string of the molecule is CCOC(=O)C1OC(c2ccccc2)=NC1=O. The van der Waals surface area contributed by atoms with Crippen molar-refractivity contribution < 1.29 is 19.1 Å². The molecule has 0 aliphatic carbocycles. The summed E-state index contributed by atoms with van der Waals surface area (Å²) in [5, 5.41) is 0. The Morgan fingerprint density at radius 3 is 2.76 bits per heavy atom. The number of esters is 1. The highest BCUT2D eigenvalue weighted by Gasteiger charge is 2.37. The van der Waals surface area contributed by atoms with Crippen molar-refractivity contribution in [1.82, 2.24) is 0 Å². The van der Waals surface area contributed by atoms with Gasteiger partial charge in [0.2, 0.25) is 5.90 Å². The molecule has 0 saturated heterocycles. The van der Waals surface area contributed by atoms with Crippen LogP contribution in [0.3, 0.4) is 0 Å². The predicted molar refractivity (Wildman–Crippen MR) is 59.5 cm³/mol. The maximum absolute atomic E-state index is 11.5. The fourth-order valence-electron chi connectivity index (χ4n) is 1.43. The largest absolute Gasteiger partial charge is 0.463 e. The van der Waals surface area contributed by atoms with Gasteiger partial charge in [-0.1, -0.05) is 18.2 Å². The van der Waals surface area contributed by atoms with E-state index in [0.717, 1.165) is 0 Å². The Hall–Kier alpha value is -2.17. The highest BCUT2D eigenvalue weighted by Crippen LogP contribution is 2.14. The zero-order valence-corrected chi connectivity index (χ0v) is 9.25. The standard InChI is InChI=1S/C12H11NO4/c1-2-16-12(15)9-10(14)13-11(17-9)8-6-4-3-5-7-8/h3-7,9H,2H2,1H3. The normalized spacial score (nSPS) is 18.5. The number of hydrogen-bond donors (Lipinski definition) is 0. The summed E-state index contributed by atoms with van der Waals surface area (Å²) in [6.07, 6.45) is -1.26. The van der Waals surface area contributed by atoms with Gasteiger partial charge in [-0.05, 0) is 19.1 Å². The zero-order valence-electron chi connectivity index (χ0n) is 9.25. The van der Waals surface area contributed by atoms with Gasteiger partial charge < -0.3 is 9.47 Å². The van der Waals surface area contributed by atoms with Crippen LogP contribution in [0, 0.1) is 0 Å². The monoisotopic (exact) mass is 233 g/mol. The summed E-state index contributed by atoms with van der Waals surface area (Å²) in [6, 6.07) is 8.93.